The molecule has 1 rings (SSSR count). The molecule has 0 bridgehead atoms. The Kier molecular flexibility index (Phi) is 18.5. The minimum atomic E-state index is 0. The summed E-state index contributed by atoms with van der Waals surface area (Å²) in [5.74, 6) is 0. The standard InChI is InChI=1S/C10H14.2ClH.Mg/c1-2-3-7-10-8-5-4-6-9-10;;;/h4-6,8-9H,2-3,7H2,1H3;2*1H;/q;;;+2/p-2. The van der Waals surface area contributed by atoms with Crippen LogP contribution in [0.25, 0.3) is 0 Å². The van der Waals surface area contributed by atoms with Crippen molar-refractivity contribution in [1.82, 2.24) is 0 Å². The first-order valence-corrected chi connectivity index (χ1v) is 3.97. The van der Waals surface area contributed by atoms with Crippen molar-refractivity contribution in [2.75, 3.05) is 0 Å². The molecule has 0 fully saturated rings. The molecule has 0 heterocycles. The van der Waals surface area contributed by atoms with Gasteiger partial charge in [-0.3, -0.25) is 0 Å². The van der Waals surface area contributed by atoms with Gasteiger partial charge in [-0.1, -0.05) is 43.7 Å². The molecule has 0 aliphatic rings. The third-order valence-corrected chi connectivity index (χ3v) is 1.66. The first-order valence-electron chi connectivity index (χ1n) is 3.97. The molecule has 0 aliphatic heterocycles. The van der Waals surface area contributed by atoms with E-state index in [2.05, 4.69) is 37.3 Å². The van der Waals surface area contributed by atoms with Gasteiger partial charge in [0.25, 0.3) is 0 Å². The molecule has 0 nitrogen and oxygen atoms in total. The van der Waals surface area contributed by atoms with E-state index in [4.69, 9.17) is 0 Å². The summed E-state index contributed by atoms with van der Waals surface area (Å²) in [5.41, 5.74) is 1.46. The fourth-order valence-corrected chi connectivity index (χ4v) is 1.03. The Bertz CT molecular complexity index is 178. The summed E-state index contributed by atoms with van der Waals surface area (Å²) in [7, 11) is 0. The Morgan fingerprint density at radius 2 is 1.54 bits per heavy atom. The summed E-state index contributed by atoms with van der Waals surface area (Å²) in [5, 5.41) is 0. The molecule has 1 aromatic rings. The van der Waals surface area contributed by atoms with E-state index in [9.17, 15) is 0 Å². The van der Waals surface area contributed by atoms with E-state index >= 15 is 0 Å². The molecule has 0 amide bonds. The van der Waals surface area contributed by atoms with Crippen LogP contribution in [0.2, 0.25) is 0 Å². The number of aryl methyl sites for hydroxylation is 1. The first-order chi connectivity index (χ1) is 4.93. The van der Waals surface area contributed by atoms with Crippen molar-refractivity contribution >= 4 is 23.1 Å². The molecule has 13 heavy (non-hydrogen) atoms. The first kappa shape index (κ1) is 19.2. The molecule has 0 atom stereocenters. The maximum absolute atomic E-state index is 2.23. The number of benzene rings is 1. The number of halogens is 2. The zero-order valence-corrected chi connectivity index (χ0v) is 10.9. The van der Waals surface area contributed by atoms with Gasteiger partial charge < -0.3 is 24.8 Å². The minimum Gasteiger partial charge on any atom is -1.00 e. The normalized spacial score (nSPS) is 7.46. The van der Waals surface area contributed by atoms with E-state index in [1.54, 1.807) is 0 Å². The average molecular weight is 229 g/mol. The molecule has 0 N–H and O–H groups in total. The Hall–Kier alpha value is 0.566. The van der Waals surface area contributed by atoms with Crippen LogP contribution in [-0.4, -0.2) is 23.1 Å². The van der Waals surface area contributed by atoms with Gasteiger partial charge in [0.1, 0.15) is 0 Å². The van der Waals surface area contributed by atoms with Crippen molar-refractivity contribution in [3.8, 4) is 0 Å². The van der Waals surface area contributed by atoms with E-state index in [0.717, 1.165) is 0 Å². The maximum Gasteiger partial charge on any atom is 2.00 e. The van der Waals surface area contributed by atoms with Crippen LogP contribution in [0.1, 0.15) is 25.3 Å². The van der Waals surface area contributed by atoms with Crippen LogP contribution in [0, 0.1) is 0 Å². The molecule has 0 spiro atoms. The van der Waals surface area contributed by atoms with E-state index in [1.807, 2.05) is 0 Å². The SMILES string of the molecule is CCCCc1ccccc1.[Cl-].[Cl-].[Mg+2]. The Morgan fingerprint density at radius 3 is 2.00 bits per heavy atom. The monoisotopic (exact) mass is 228 g/mol. The van der Waals surface area contributed by atoms with Crippen molar-refractivity contribution < 1.29 is 24.8 Å². The quantitative estimate of drug-likeness (QED) is 0.476. The van der Waals surface area contributed by atoms with E-state index in [-0.39, 0.29) is 47.9 Å². The third-order valence-electron chi connectivity index (χ3n) is 1.66. The molecule has 0 radical (unpaired) electrons. The molecule has 70 valence electrons. The molecular formula is C10H14Cl2Mg. The molecule has 0 unspecified atom stereocenters. The van der Waals surface area contributed by atoms with Gasteiger partial charge >= 0.3 is 23.1 Å². The van der Waals surface area contributed by atoms with E-state index < -0.39 is 0 Å². The topological polar surface area (TPSA) is 0 Å². The molecular weight excluding hydrogens is 215 g/mol. The Balaban J connectivity index is -0.000000333. The van der Waals surface area contributed by atoms with Crippen LogP contribution in [-0.2, 0) is 6.42 Å². The van der Waals surface area contributed by atoms with Crippen LogP contribution in [0.3, 0.4) is 0 Å². The molecule has 0 aromatic heterocycles. The van der Waals surface area contributed by atoms with Gasteiger partial charge in [-0.2, -0.15) is 0 Å². The van der Waals surface area contributed by atoms with E-state index in [1.165, 1.54) is 24.8 Å². The van der Waals surface area contributed by atoms with Gasteiger partial charge in [0.05, 0.1) is 0 Å². The van der Waals surface area contributed by atoms with Crippen LogP contribution in [0.5, 0.6) is 0 Å². The van der Waals surface area contributed by atoms with Crippen LogP contribution in [0.15, 0.2) is 30.3 Å². The Labute approximate surface area is 109 Å². The second-order valence-electron chi connectivity index (χ2n) is 2.59. The van der Waals surface area contributed by atoms with Gasteiger partial charge in [-0.25, -0.2) is 0 Å². The minimum absolute atomic E-state index is 0. The van der Waals surface area contributed by atoms with Gasteiger partial charge in [0, 0.05) is 0 Å². The van der Waals surface area contributed by atoms with E-state index in [0.29, 0.717) is 0 Å². The largest absolute Gasteiger partial charge is 2.00 e. The zero-order chi connectivity index (χ0) is 7.23. The summed E-state index contributed by atoms with van der Waals surface area (Å²) in [6.45, 7) is 2.23. The average Bonchev–Trinajstić information content (AvgIpc) is 2.03. The zero-order valence-electron chi connectivity index (χ0n) is 7.97. The van der Waals surface area contributed by atoms with Crippen molar-refractivity contribution in [3.05, 3.63) is 35.9 Å². The number of hydrogen-bond acceptors (Lipinski definition) is 0. The fourth-order valence-electron chi connectivity index (χ4n) is 1.03. The molecule has 3 heteroatoms. The maximum atomic E-state index is 2.23. The van der Waals surface area contributed by atoms with Gasteiger partial charge in [-0.15, -0.1) is 0 Å². The van der Waals surface area contributed by atoms with Crippen molar-refractivity contribution in [2.45, 2.75) is 26.2 Å². The molecule has 0 saturated carbocycles. The molecule has 0 aliphatic carbocycles. The van der Waals surface area contributed by atoms with Gasteiger partial charge in [0.15, 0.2) is 0 Å². The molecule has 1 aromatic carbocycles. The molecule has 0 saturated heterocycles. The van der Waals surface area contributed by atoms with Crippen LogP contribution < -0.4 is 24.8 Å². The van der Waals surface area contributed by atoms with Crippen LogP contribution in [0.4, 0.5) is 0 Å². The van der Waals surface area contributed by atoms with Crippen molar-refractivity contribution in [1.29, 1.82) is 0 Å². The summed E-state index contributed by atoms with van der Waals surface area (Å²) in [6, 6.07) is 10.6. The summed E-state index contributed by atoms with van der Waals surface area (Å²) in [6.07, 6.45) is 3.83. The second kappa shape index (κ2) is 12.6. The van der Waals surface area contributed by atoms with Crippen LogP contribution >= 0.6 is 0 Å². The summed E-state index contributed by atoms with van der Waals surface area (Å²) >= 11 is 0. The second-order valence-corrected chi connectivity index (χ2v) is 2.59. The van der Waals surface area contributed by atoms with Crippen molar-refractivity contribution in [2.24, 2.45) is 0 Å². The number of rotatable bonds is 3. The summed E-state index contributed by atoms with van der Waals surface area (Å²) < 4.78 is 0. The summed E-state index contributed by atoms with van der Waals surface area (Å²) in [4.78, 5) is 0. The third kappa shape index (κ3) is 8.88. The van der Waals surface area contributed by atoms with Crippen molar-refractivity contribution in [3.63, 3.8) is 0 Å². The predicted octanol–water partition coefficient (Wildman–Crippen LogP) is -3.34. The Morgan fingerprint density at radius 1 is 1.00 bits per heavy atom. The van der Waals surface area contributed by atoms with Gasteiger partial charge in [-0.05, 0) is 18.4 Å². The predicted molar refractivity (Wildman–Crippen MR) is 50.8 cm³/mol. The fraction of sp³-hybridized carbons (Fsp3) is 0.400. The smallest absolute Gasteiger partial charge is 1.00 e. The van der Waals surface area contributed by atoms with Gasteiger partial charge in [0.2, 0.25) is 0 Å². The number of unbranched alkanes of at least 4 members (excludes halogenated alkanes) is 1. The number of hydrogen-bond donors (Lipinski definition) is 0.